The molecule has 2 N–H and O–H groups in total. The molecule has 0 saturated heterocycles. The molecule has 20 heavy (non-hydrogen) atoms. The Hall–Kier alpha value is -1.58. The highest BCUT2D eigenvalue weighted by Crippen LogP contribution is 2.25. The fourth-order valence-corrected chi connectivity index (χ4v) is 2.28. The van der Waals surface area contributed by atoms with Crippen molar-refractivity contribution in [3.63, 3.8) is 0 Å². The summed E-state index contributed by atoms with van der Waals surface area (Å²) in [5, 5.41) is 0.687. The average molecular weight is 293 g/mol. The van der Waals surface area contributed by atoms with E-state index in [2.05, 4.69) is 0 Å². The molecule has 0 aromatic heterocycles. The van der Waals surface area contributed by atoms with Gasteiger partial charge in [0.2, 0.25) is 0 Å². The van der Waals surface area contributed by atoms with Gasteiger partial charge in [0.05, 0.1) is 5.69 Å². The third-order valence-electron chi connectivity index (χ3n) is 3.27. The van der Waals surface area contributed by atoms with Crippen LogP contribution in [-0.4, -0.2) is 7.05 Å². The zero-order valence-electron chi connectivity index (χ0n) is 11.6. The maximum atomic E-state index is 14.1. The first-order valence-electron chi connectivity index (χ1n) is 6.48. The van der Waals surface area contributed by atoms with Gasteiger partial charge < -0.3 is 10.6 Å². The van der Waals surface area contributed by atoms with Crippen molar-refractivity contribution < 1.29 is 4.39 Å². The van der Waals surface area contributed by atoms with E-state index in [0.29, 0.717) is 17.3 Å². The van der Waals surface area contributed by atoms with Gasteiger partial charge in [-0.15, -0.1) is 0 Å². The summed E-state index contributed by atoms with van der Waals surface area (Å²) in [6.45, 7) is 2.38. The Kier molecular flexibility index (Phi) is 4.63. The lowest BCUT2D eigenvalue weighted by molar-refractivity contribution is 0.617. The smallest absolute Gasteiger partial charge is 0.146 e. The van der Waals surface area contributed by atoms with Gasteiger partial charge in [0.15, 0.2) is 0 Å². The van der Waals surface area contributed by atoms with Gasteiger partial charge in [-0.2, -0.15) is 0 Å². The summed E-state index contributed by atoms with van der Waals surface area (Å²) in [4.78, 5) is 1.83. The van der Waals surface area contributed by atoms with Crippen LogP contribution in [0.4, 0.5) is 10.1 Å². The molecule has 2 rings (SSSR count). The summed E-state index contributed by atoms with van der Waals surface area (Å²) in [5.41, 5.74) is 8.05. The summed E-state index contributed by atoms with van der Waals surface area (Å²) in [7, 11) is 1.84. The zero-order chi connectivity index (χ0) is 14.7. The fourth-order valence-electron chi connectivity index (χ4n) is 2.08. The lowest BCUT2D eigenvalue weighted by atomic mass is 10.1. The summed E-state index contributed by atoms with van der Waals surface area (Å²) in [5.74, 6) is -0.269. The number of anilines is 1. The van der Waals surface area contributed by atoms with Crippen molar-refractivity contribution in [1.82, 2.24) is 0 Å². The van der Waals surface area contributed by atoms with Gasteiger partial charge in [-0.25, -0.2) is 4.39 Å². The number of benzene rings is 2. The standard InChI is InChI=1S/C16H18ClFN2/c1-11(19)12-7-8-16(15(18)9-12)20(2)10-13-5-3-4-6-14(13)17/h3-9,11H,10,19H2,1-2H3. The molecule has 2 aromatic carbocycles. The van der Waals surface area contributed by atoms with E-state index in [1.54, 1.807) is 6.07 Å². The Balaban J connectivity index is 2.21. The SMILES string of the molecule is CC(N)c1ccc(N(C)Cc2ccccc2Cl)c(F)c1. The van der Waals surface area contributed by atoms with Crippen LogP contribution in [0, 0.1) is 5.82 Å². The quantitative estimate of drug-likeness (QED) is 0.918. The predicted molar refractivity (Wildman–Crippen MR) is 82.6 cm³/mol. The summed E-state index contributed by atoms with van der Waals surface area (Å²) < 4.78 is 14.1. The lowest BCUT2D eigenvalue weighted by Gasteiger charge is -2.21. The van der Waals surface area contributed by atoms with Crippen LogP contribution >= 0.6 is 11.6 Å². The Labute approximate surface area is 124 Å². The number of halogens is 2. The van der Waals surface area contributed by atoms with Crippen LogP contribution in [0.3, 0.4) is 0 Å². The first-order chi connectivity index (χ1) is 9.49. The van der Waals surface area contributed by atoms with Gasteiger partial charge in [-0.05, 0) is 36.2 Å². The Morgan fingerprint density at radius 1 is 1.25 bits per heavy atom. The molecule has 0 radical (unpaired) electrons. The summed E-state index contributed by atoms with van der Waals surface area (Å²) in [6, 6.07) is 12.5. The predicted octanol–water partition coefficient (Wildman–Crippen LogP) is 4.14. The van der Waals surface area contributed by atoms with E-state index in [1.165, 1.54) is 6.07 Å². The van der Waals surface area contributed by atoms with Crippen molar-refractivity contribution >= 4 is 17.3 Å². The van der Waals surface area contributed by atoms with Crippen molar-refractivity contribution in [3.8, 4) is 0 Å². The van der Waals surface area contributed by atoms with E-state index < -0.39 is 0 Å². The molecule has 106 valence electrons. The maximum absolute atomic E-state index is 14.1. The average Bonchev–Trinajstić information content (AvgIpc) is 2.41. The van der Waals surface area contributed by atoms with Crippen molar-refractivity contribution in [1.29, 1.82) is 0 Å². The number of hydrogen-bond donors (Lipinski definition) is 1. The van der Waals surface area contributed by atoms with Gasteiger partial charge in [0.1, 0.15) is 5.82 Å². The second-order valence-electron chi connectivity index (χ2n) is 4.95. The molecule has 0 fully saturated rings. The number of nitrogens with two attached hydrogens (primary N) is 1. The van der Waals surface area contributed by atoms with Crippen LogP contribution in [-0.2, 0) is 6.54 Å². The highest BCUT2D eigenvalue weighted by atomic mass is 35.5. The monoisotopic (exact) mass is 292 g/mol. The second-order valence-corrected chi connectivity index (χ2v) is 5.35. The van der Waals surface area contributed by atoms with Crippen LogP contribution in [0.2, 0.25) is 5.02 Å². The molecular formula is C16H18ClFN2. The molecule has 2 nitrogen and oxygen atoms in total. The molecule has 0 bridgehead atoms. The molecule has 2 aromatic rings. The van der Waals surface area contributed by atoms with Gasteiger partial charge in [-0.1, -0.05) is 35.9 Å². The van der Waals surface area contributed by atoms with Crippen molar-refractivity contribution in [2.45, 2.75) is 19.5 Å². The molecule has 1 unspecified atom stereocenters. The topological polar surface area (TPSA) is 29.3 Å². The van der Waals surface area contributed by atoms with E-state index in [4.69, 9.17) is 17.3 Å². The number of rotatable bonds is 4. The molecule has 0 aliphatic heterocycles. The third kappa shape index (κ3) is 3.30. The number of hydrogen-bond acceptors (Lipinski definition) is 2. The zero-order valence-corrected chi connectivity index (χ0v) is 12.4. The first-order valence-corrected chi connectivity index (χ1v) is 6.86. The van der Waals surface area contributed by atoms with E-state index in [-0.39, 0.29) is 11.9 Å². The molecule has 0 saturated carbocycles. The summed E-state index contributed by atoms with van der Waals surface area (Å²) >= 11 is 6.13. The Bertz CT molecular complexity index is 599. The molecule has 0 heterocycles. The first kappa shape index (κ1) is 14.8. The molecule has 4 heteroatoms. The van der Waals surface area contributed by atoms with Crippen LogP contribution < -0.4 is 10.6 Å². The molecule has 0 aliphatic rings. The van der Waals surface area contributed by atoms with Gasteiger partial charge >= 0.3 is 0 Å². The van der Waals surface area contributed by atoms with Crippen LogP contribution in [0.15, 0.2) is 42.5 Å². The lowest BCUT2D eigenvalue weighted by Crippen LogP contribution is -2.18. The van der Waals surface area contributed by atoms with E-state index in [9.17, 15) is 4.39 Å². The van der Waals surface area contributed by atoms with E-state index in [1.807, 2.05) is 49.2 Å². The van der Waals surface area contributed by atoms with Gasteiger partial charge in [0.25, 0.3) is 0 Å². The minimum atomic E-state index is -0.269. The van der Waals surface area contributed by atoms with Gasteiger partial charge in [0, 0.05) is 24.7 Å². The number of nitrogens with zero attached hydrogens (tertiary/aromatic N) is 1. The minimum absolute atomic E-state index is 0.174. The Morgan fingerprint density at radius 2 is 1.95 bits per heavy atom. The van der Waals surface area contributed by atoms with Crippen LogP contribution in [0.1, 0.15) is 24.1 Å². The summed E-state index contributed by atoms with van der Waals surface area (Å²) in [6.07, 6.45) is 0. The molecule has 1 atom stereocenters. The normalized spacial score (nSPS) is 12.2. The largest absolute Gasteiger partial charge is 0.368 e. The highest BCUT2D eigenvalue weighted by Gasteiger charge is 2.11. The molecule has 0 aliphatic carbocycles. The maximum Gasteiger partial charge on any atom is 0.146 e. The van der Waals surface area contributed by atoms with E-state index in [0.717, 1.165) is 11.1 Å². The van der Waals surface area contributed by atoms with Gasteiger partial charge in [-0.3, -0.25) is 0 Å². The molecule has 0 spiro atoms. The van der Waals surface area contributed by atoms with Crippen LogP contribution in [0.5, 0.6) is 0 Å². The minimum Gasteiger partial charge on any atom is -0.368 e. The fraction of sp³-hybridized carbons (Fsp3) is 0.250. The highest BCUT2D eigenvalue weighted by molar-refractivity contribution is 6.31. The van der Waals surface area contributed by atoms with Crippen molar-refractivity contribution in [2.24, 2.45) is 5.73 Å². The van der Waals surface area contributed by atoms with Crippen LogP contribution in [0.25, 0.3) is 0 Å². The third-order valence-corrected chi connectivity index (χ3v) is 3.64. The van der Waals surface area contributed by atoms with Crippen molar-refractivity contribution in [2.75, 3.05) is 11.9 Å². The van der Waals surface area contributed by atoms with Crippen molar-refractivity contribution in [3.05, 3.63) is 64.4 Å². The molecule has 0 amide bonds. The Morgan fingerprint density at radius 3 is 2.55 bits per heavy atom. The van der Waals surface area contributed by atoms with E-state index >= 15 is 0 Å². The molecular weight excluding hydrogens is 275 g/mol. The second kappa shape index (κ2) is 6.25.